The molecular formula is C18H34Mo3NNaO14S3. The molecule has 0 spiro atoms. The van der Waals surface area contributed by atoms with E-state index in [2.05, 4.69) is 24.4 Å². The Labute approximate surface area is 298 Å². The molecule has 40 heavy (non-hydrogen) atoms. The average Bonchev–Trinajstić information content (AvgIpc) is 2.84. The zero-order valence-corrected chi connectivity index (χ0v) is 31.7. The number of nitrogens with one attached hydrogen (secondary N) is 1. The van der Waals surface area contributed by atoms with Crippen LogP contribution in [0.1, 0.15) is 32.1 Å². The Morgan fingerprint density at radius 3 is 1.77 bits per heavy atom. The van der Waals surface area contributed by atoms with Crippen LogP contribution < -0.4 is 34.3 Å². The number of ether oxygens (including phenoxy) is 3. The standard InChI is InChI=1S/C12H22O11.C6H13NO3S.3Mo.Na.2S/c13-1-3-5(15)6(16)9(19)12(22-3)23-10-4(2-14)21-11(20)8(18)7(10)17;8-11(9,10)7-6-4-2-1-3-5-6;;;;;;/h3-20H,1-2H2;6-7H,1-5H2,(H,8,9,10);;;;;;/q;;;;;+1;;/p-1. The minimum atomic E-state index is -4.22. The van der Waals surface area contributed by atoms with Gasteiger partial charge in [-0.2, -0.15) is 0 Å². The summed E-state index contributed by atoms with van der Waals surface area (Å²) in [6, 6.07) is -0.105. The van der Waals surface area contributed by atoms with Gasteiger partial charge in [0.1, 0.15) is 48.8 Å². The molecule has 0 amide bonds. The van der Waals surface area contributed by atoms with E-state index in [1.165, 1.54) is 0 Å². The number of aliphatic hydroxyl groups excluding tert-OH is 8. The van der Waals surface area contributed by atoms with Gasteiger partial charge in [-0.05, 0) is 12.8 Å². The Balaban J connectivity index is -0.000000683. The number of hydrogen-bond donors (Lipinski definition) is 9. The predicted octanol–water partition coefficient (Wildman–Crippen LogP) is -6.74. The van der Waals surface area contributed by atoms with E-state index in [-0.39, 0.29) is 92.7 Å². The van der Waals surface area contributed by atoms with Crippen LogP contribution in [0, 0.1) is 0 Å². The summed E-state index contributed by atoms with van der Waals surface area (Å²) in [5.41, 5.74) is 0. The quantitative estimate of drug-likeness (QED) is 0.0888. The number of rotatable bonds is 6. The molecule has 0 aromatic heterocycles. The molecule has 3 fully saturated rings. The Bertz CT molecular complexity index is 812. The van der Waals surface area contributed by atoms with Crippen LogP contribution in [0.5, 0.6) is 0 Å². The first-order valence-electron chi connectivity index (χ1n) is 11.2. The van der Waals surface area contributed by atoms with Crippen molar-refractivity contribution in [3.63, 3.8) is 0 Å². The molecule has 2 aliphatic heterocycles. The molecule has 22 heteroatoms. The summed E-state index contributed by atoms with van der Waals surface area (Å²) in [6.07, 6.45) is -10.8. The van der Waals surface area contributed by atoms with Crippen molar-refractivity contribution in [3.05, 3.63) is 0 Å². The Kier molecular flexibility index (Phi) is 28.6. The third-order valence-electron chi connectivity index (χ3n) is 5.90. The van der Waals surface area contributed by atoms with Gasteiger partial charge in [-0.15, -0.1) is 0 Å². The molecule has 10 atom stereocenters. The van der Waals surface area contributed by atoms with Crippen molar-refractivity contribution in [2.24, 2.45) is 0 Å². The molecule has 232 valence electrons. The van der Waals surface area contributed by atoms with E-state index < -0.39 is 84.9 Å². The van der Waals surface area contributed by atoms with Gasteiger partial charge >= 0.3 is 64.1 Å². The van der Waals surface area contributed by atoms with Crippen LogP contribution in [0.15, 0.2) is 0 Å². The SMILES string of the molecule is O=S(=O)([O-])NC1CCCCC1.OCC1OC(OC2C(CO)OC(O)C(O)C2O)C(O)C(O)C1O.[Mo].[Mo].[Na+].[S]=[Mo]=[S]. The van der Waals surface area contributed by atoms with Crippen LogP contribution in [0.2, 0.25) is 0 Å². The molecule has 0 aromatic rings. The summed E-state index contributed by atoms with van der Waals surface area (Å²) in [4.78, 5) is 0. The molecule has 3 aliphatic rings. The number of aliphatic hydroxyl groups is 8. The fourth-order valence-electron chi connectivity index (χ4n) is 3.99. The van der Waals surface area contributed by atoms with Gasteiger partial charge in [0.25, 0.3) is 0 Å². The molecular weight excluding hydrogens is 861 g/mol. The Morgan fingerprint density at radius 2 is 1.32 bits per heavy atom. The molecule has 3 rings (SSSR count). The summed E-state index contributed by atoms with van der Waals surface area (Å²) in [6.45, 7) is -1.35. The van der Waals surface area contributed by atoms with Crippen LogP contribution in [0.25, 0.3) is 0 Å². The summed E-state index contributed by atoms with van der Waals surface area (Å²) in [7, 11) is 4.45. The van der Waals surface area contributed by atoms with Gasteiger partial charge in [0.2, 0.25) is 0 Å². The summed E-state index contributed by atoms with van der Waals surface area (Å²) >= 11 is -0.363. The molecule has 1 saturated carbocycles. The molecule has 2 heterocycles. The van der Waals surface area contributed by atoms with Gasteiger partial charge in [-0.3, -0.25) is 0 Å². The predicted molar refractivity (Wildman–Crippen MR) is 124 cm³/mol. The first kappa shape index (κ1) is 47.3. The second-order valence-electron chi connectivity index (χ2n) is 8.50. The van der Waals surface area contributed by atoms with Crippen molar-refractivity contribution < 1.29 is 155 Å². The molecule has 9 N–H and O–H groups in total. The Morgan fingerprint density at radius 1 is 0.825 bits per heavy atom. The maximum absolute atomic E-state index is 10.2. The fourth-order valence-corrected chi connectivity index (χ4v) is 4.64. The summed E-state index contributed by atoms with van der Waals surface area (Å²) in [5, 5.41) is 76.5. The average molecular weight is 895 g/mol. The van der Waals surface area contributed by atoms with Crippen molar-refractivity contribution in [2.75, 3.05) is 13.2 Å². The maximum atomic E-state index is 10.2. The van der Waals surface area contributed by atoms with Gasteiger partial charge in [-0.25, -0.2) is 13.1 Å². The second-order valence-corrected chi connectivity index (χ2v) is 13.2. The second kappa shape index (κ2) is 24.2. The minimum absolute atomic E-state index is 0. The molecule has 0 bridgehead atoms. The van der Waals surface area contributed by atoms with Gasteiger partial charge in [0, 0.05) is 48.2 Å². The Hall–Kier alpha value is 2.93. The van der Waals surface area contributed by atoms with E-state index in [1.54, 1.807) is 0 Å². The van der Waals surface area contributed by atoms with Crippen molar-refractivity contribution in [1.82, 2.24) is 4.72 Å². The first-order chi connectivity index (χ1) is 17.3. The normalized spacial score (nSPS) is 36.0. The molecule has 15 nitrogen and oxygen atoms in total. The van der Waals surface area contributed by atoms with Crippen LogP contribution >= 0.6 is 19.6 Å². The van der Waals surface area contributed by atoms with E-state index in [0.717, 1.165) is 32.1 Å². The van der Waals surface area contributed by atoms with E-state index in [1.807, 2.05) is 0 Å². The number of hydrogen-bond acceptors (Lipinski definition) is 16. The van der Waals surface area contributed by atoms with E-state index in [0.29, 0.717) is 0 Å². The van der Waals surface area contributed by atoms with Crippen LogP contribution in [0.3, 0.4) is 0 Å². The van der Waals surface area contributed by atoms with Crippen molar-refractivity contribution >= 4 is 29.9 Å². The zero-order chi connectivity index (χ0) is 28.3. The summed E-state index contributed by atoms with van der Waals surface area (Å²) < 4.78 is 48.0. The third kappa shape index (κ3) is 16.0. The van der Waals surface area contributed by atoms with Gasteiger partial charge in [0.05, 0.1) is 13.2 Å². The van der Waals surface area contributed by atoms with Gasteiger partial charge in [-0.1, -0.05) is 19.3 Å². The van der Waals surface area contributed by atoms with Crippen molar-refractivity contribution in [1.29, 1.82) is 0 Å². The molecule has 10 unspecified atom stereocenters. The van der Waals surface area contributed by atoms with Crippen molar-refractivity contribution in [2.45, 2.75) is 99.6 Å². The third-order valence-corrected chi connectivity index (χ3v) is 6.52. The van der Waals surface area contributed by atoms with Crippen LogP contribution in [-0.2, 0) is 81.6 Å². The molecule has 1 aliphatic carbocycles. The van der Waals surface area contributed by atoms with E-state index in [4.69, 9.17) is 19.3 Å². The molecule has 2 saturated heterocycles. The molecule has 0 aromatic carbocycles. The van der Waals surface area contributed by atoms with E-state index in [9.17, 15) is 48.7 Å². The van der Waals surface area contributed by atoms with Gasteiger partial charge < -0.3 is 59.6 Å². The molecule has 0 radical (unpaired) electrons. The zero-order valence-electron chi connectivity index (χ0n) is 21.3. The van der Waals surface area contributed by atoms with Gasteiger partial charge in [0.15, 0.2) is 22.9 Å². The summed E-state index contributed by atoms with van der Waals surface area (Å²) in [5.74, 6) is 0. The van der Waals surface area contributed by atoms with Crippen molar-refractivity contribution in [3.8, 4) is 0 Å². The fraction of sp³-hybridized carbons (Fsp3) is 1.00. The topological polar surface area (TPSA) is 259 Å². The van der Waals surface area contributed by atoms with Crippen LogP contribution in [-0.4, -0.2) is 134 Å². The first-order valence-corrected chi connectivity index (χ1v) is 18.2. The van der Waals surface area contributed by atoms with E-state index >= 15 is 0 Å². The van der Waals surface area contributed by atoms with Crippen LogP contribution in [0.4, 0.5) is 0 Å². The monoisotopic (exact) mass is 901 g/mol.